The van der Waals surface area contributed by atoms with Gasteiger partial charge in [0.2, 0.25) is 0 Å². The molecule has 7 heteroatoms. The maximum absolute atomic E-state index is 17.2. The van der Waals surface area contributed by atoms with E-state index in [1.54, 1.807) is 12.3 Å². The van der Waals surface area contributed by atoms with Crippen LogP contribution < -0.4 is 5.73 Å². The van der Waals surface area contributed by atoms with Crippen molar-refractivity contribution in [2.24, 2.45) is 11.3 Å². The zero-order valence-electron chi connectivity index (χ0n) is 21.7. The largest absolute Gasteiger partial charge is 0.388 e. The Bertz CT molecular complexity index is 1380. The lowest BCUT2D eigenvalue weighted by Gasteiger charge is -2.60. The van der Waals surface area contributed by atoms with Crippen LogP contribution in [0.15, 0.2) is 48.2 Å². The highest BCUT2D eigenvalue weighted by Crippen LogP contribution is 2.71. The lowest BCUT2D eigenvalue weighted by Crippen LogP contribution is -2.68. The number of ether oxygens (including phenoxy) is 1. The topological polar surface area (TPSA) is 91.8 Å². The summed E-state index contributed by atoms with van der Waals surface area (Å²) < 4.78 is 24.2. The number of likely N-dealkylation sites (N-methyl/N-ethyl adjacent to an activating group) is 1. The number of nitrogens with zero attached hydrogens (tertiary/aromatic N) is 2. The highest BCUT2D eigenvalue weighted by Gasteiger charge is 2.74. The highest BCUT2D eigenvalue weighted by molar-refractivity contribution is 5.93. The lowest BCUT2D eigenvalue weighted by atomic mass is 9.53. The maximum atomic E-state index is 17.2. The smallest absolute Gasteiger partial charge is 0.158 e. The highest BCUT2D eigenvalue weighted by atomic mass is 19.1. The molecule has 3 fully saturated rings. The third-order valence-corrected chi connectivity index (χ3v) is 10.8. The van der Waals surface area contributed by atoms with E-state index in [1.807, 2.05) is 25.1 Å². The van der Waals surface area contributed by atoms with Gasteiger partial charge in [-0.2, -0.15) is 0 Å². The molecule has 0 radical (unpaired) electrons. The van der Waals surface area contributed by atoms with Crippen LogP contribution in [-0.2, 0) is 4.74 Å². The van der Waals surface area contributed by atoms with Gasteiger partial charge in [0, 0.05) is 23.5 Å². The van der Waals surface area contributed by atoms with Gasteiger partial charge in [-0.1, -0.05) is 25.1 Å². The number of nitrogens with two attached hydrogens (primary N) is 1. The Hall–Kier alpha value is -2.32. The van der Waals surface area contributed by atoms with E-state index in [2.05, 4.69) is 36.2 Å². The molecule has 0 amide bonds. The SMILES string of the molecule is CN(C)[C@H]1C[C@@]23CC[C@]4(O2)C2CC=C(c5ccc6ccnc(N)c6c5)[C@@]2(C)CCC4(F)C=C3[C@@H](O)[C@@H]1O. The van der Waals surface area contributed by atoms with Crippen molar-refractivity contribution in [1.29, 1.82) is 0 Å². The molecule has 2 bridgehead atoms. The van der Waals surface area contributed by atoms with Crippen LogP contribution in [0.25, 0.3) is 16.3 Å². The number of aliphatic hydroxyl groups excluding tert-OH is 2. The molecule has 6 nitrogen and oxygen atoms in total. The van der Waals surface area contributed by atoms with Gasteiger partial charge in [-0.05, 0) is 98.3 Å². The molecule has 37 heavy (non-hydrogen) atoms. The number of nitrogen functional groups attached to an aromatic ring is 1. The summed E-state index contributed by atoms with van der Waals surface area (Å²) in [6.07, 6.45) is 7.21. The van der Waals surface area contributed by atoms with Crippen molar-refractivity contribution in [2.75, 3.05) is 19.8 Å². The molecule has 1 aromatic carbocycles. The van der Waals surface area contributed by atoms with E-state index in [1.165, 1.54) is 5.57 Å². The quantitative estimate of drug-likeness (QED) is 0.534. The Morgan fingerprint density at radius 3 is 2.73 bits per heavy atom. The van der Waals surface area contributed by atoms with E-state index in [0.717, 1.165) is 22.8 Å². The van der Waals surface area contributed by atoms with Crippen LogP contribution >= 0.6 is 0 Å². The normalized spacial score (nSPS) is 44.3. The standard InChI is InChI=1S/C30H36FN3O3/c1-27-9-11-29(31)15-21-24(35)25(36)22(34(2)3)16-28(21)10-12-30(29,37-28)23(27)7-6-20(27)18-5-4-17-8-13-33-26(32)19(17)14-18/h4-6,8,13-15,22-25,35-36H,7,9-12,16H2,1-3H3,(H2,32,33)/t22-,23?,24+,25+,27+,28+,29?,30-/m0/s1. The van der Waals surface area contributed by atoms with E-state index in [9.17, 15) is 10.2 Å². The summed E-state index contributed by atoms with van der Waals surface area (Å²) in [5.41, 5.74) is 5.53. The first-order valence-electron chi connectivity index (χ1n) is 13.5. The van der Waals surface area contributed by atoms with Gasteiger partial charge in [-0.15, -0.1) is 0 Å². The molecular weight excluding hydrogens is 469 g/mol. The Morgan fingerprint density at radius 2 is 1.95 bits per heavy atom. The van der Waals surface area contributed by atoms with E-state index >= 15 is 4.39 Å². The number of rotatable bonds is 2. The summed E-state index contributed by atoms with van der Waals surface area (Å²) in [5.74, 6) is 0.499. The number of hydrogen-bond acceptors (Lipinski definition) is 6. The molecule has 2 aliphatic heterocycles. The van der Waals surface area contributed by atoms with Crippen LogP contribution in [0.3, 0.4) is 0 Å². The van der Waals surface area contributed by atoms with Crippen LogP contribution in [0.4, 0.5) is 10.2 Å². The number of hydrogen-bond donors (Lipinski definition) is 3. The number of pyridine rings is 1. The summed E-state index contributed by atoms with van der Waals surface area (Å²) in [7, 11) is 3.82. The molecule has 8 atom stereocenters. The van der Waals surface area contributed by atoms with Crippen molar-refractivity contribution in [3.63, 3.8) is 0 Å². The van der Waals surface area contributed by atoms with Crippen LogP contribution in [0, 0.1) is 11.3 Å². The van der Waals surface area contributed by atoms with Crippen LogP contribution in [0.2, 0.25) is 0 Å². The fourth-order valence-corrected chi connectivity index (χ4v) is 8.79. The second-order valence-electron chi connectivity index (χ2n) is 12.6. The summed E-state index contributed by atoms with van der Waals surface area (Å²) in [6.45, 7) is 2.28. The number of fused-ring (bicyclic) bond motifs is 2. The first-order valence-corrected chi connectivity index (χ1v) is 13.5. The second kappa shape index (κ2) is 7.41. The maximum Gasteiger partial charge on any atom is 0.158 e. The van der Waals surface area contributed by atoms with Crippen molar-refractivity contribution in [1.82, 2.24) is 9.88 Å². The van der Waals surface area contributed by atoms with Crippen LogP contribution in [-0.4, -0.2) is 69.3 Å². The number of aromatic nitrogens is 1. The molecule has 3 aliphatic carbocycles. The van der Waals surface area contributed by atoms with Gasteiger partial charge >= 0.3 is 0 Å². The Labute approximate surface area is 217 Å². The van der Waals surface area contributed by atoms with Crippen molar-refractivity contribution in [3.05, 3.63) is 53.8 Å². The molecule has 2 unspecified atom stereocenters. The molecular formula is C30H36FN3O3. The Kier molecular flexibility index (Phi) is 4.76. The number of benzene rings is 1. The monoisotopic (exact) mass is 505 g/mol. The summed E-state index contributed by atoms with van der Waals surface area (Å²) in [4.78, 5) is 6.22. The van der Waals surface area contributed by atoms with E-state index in [4.69, 9.17) is 10.5 Å². The summed E-state index contributed by atoms with van der Waals surface area (Å²) >= 11 is 0. The molecule has 4 N–H and O–H groups in total. The van der Waals surface area contributed by atoms with Crippen molar-refractivity contribution in [2.45, 2.75) is 80.6 Å². The van der Waals surface area contributed by atoms with Gasteiger partial charge < -0.3 is 25.6 Å². The molecule has 3 heterocycles. The zero-order chi connectivity index (χ0) is 26.0. The molecule has 5 aliphatic rings. The third-order valence-electron chi connectivity index (χ3n) is 10.8. The van der Waals surface area contributed by atoms with Gasteiger partial charge in [0.05, 0.1) is 11.7 Å². The van der Waals surface area contributed by atoms with Crippen LogP contribution in [0.1, 0.15) is 51.0 Å². The minimum Gasteiger partial charge on any atom is -0.388 e. The molecule has 1 aromatic heterocycles. The van der Waals surface area contributed by atoms with Gasteiger partial charge in [0.1, 0.15) is 17.5 Å². The average molecular weight is 506 g/mol. The van der Waals surface area contributed by atoms with Gasteiger partial charge in [0.15, 0.2) is 5.67 Å². The van der Waals surface area contributed by atoms with Gasteiger partial charge in [0.25, 0.3) is 0 Å². The number of anilines is 1. The fraction of sp³-hybridized carbons (Fsp3) is 0.567. The molecule has 2 saturated carbocycles. The van der Waals surface area contributed by atoms with E-state index in [0.29, 0.717) is 43.5 Å². The Morgan fingerprint density at radius 1 is 1.14 bits per heavy atom. The third kappa shape index (κ3) is 2.86. The minimum absolute atomic E-state index is 0.0188. The van der Waals surface area contributed by atoms with Gasteiger partial charge in [-0.3, -0.25) is 0 Å². The first kappa shape index (κ1) is 23.8. The van der Waals surface area contributed by atoms with E-state index in [-0.39, 0.29) is 17.4 Å². The molecule has 2 spiro atoms. The number of aliphatic hydroxyl groups is 2. The van der Waals surface area contributed by atoms with Gasteiger partial charge in [-0.25, -0.2) is 9.37 Å². The molecule has 7 rings (SSSR count). The van der Waals surface area contributed by atoms with Crippen LogP contribution in [0.5, 0.6) is 0 Å². The van der Waals surface area contributed by atoms with Crippen molar-refractivity contribution < 1.29 is 19.3 Å². The zero-order valence-corrected chi connectivity index (χ0v) is 21.7. The Balaban J connectivity index is 1.30. The van der Waals surface area contributed by atoms with Crippen molar-refractivity contribution >= 4 is 22.2 Å². The predicted octanol–water partition coefficient (Wildman–Crippen LogP) is 4.01. The molecule has 1 saturated heterocycles. The first-order chi connectivity index (χ1) is 17.5. The minimum atomic E-state index is -1.67. The lowest BCUT2D eigenvalue weighted by molar-refractivity contribution is -0.239. The summed E-state index contributed by atoms with van der Waals surface area (Å²) in [5, 5.41) is 24.0. The summed E-state index contributed by atoms with van der Waals surface area (Å²) in [6, 6.07) is 8.08. The van der Waals surface area contributed by atoms with Crippen molar-refractivity contribution in [3.8, 4) is 0 Å². The average Bonchev–Trinajstić information content (AvgIpc) is 3.40. The van der Waals surface area contributed by atoms with E-state index < -0.39 is 29.1 Å². The molecule has 196 valence electrons. The molecule has 2 aromatic rings. The fourth-order valence-electron chi connectivity index (χ4n) is 8.79. The number of allylic oxidation sites excluding steroid dienone is 2. The number of alkyl halides is 1. The second-order valence-corrected chi connectivity index (χ2v) is 12.6. The predicted molar refractivity (Wildman–Crippen MR) is 141 cm³/mol. The number of halogens is 1.